The smallest absolute Gasteiger partial charge is 0.131 e. The highest BCUT2D eigenvalue weighted by atomic mass is 14.7. The van der Waals surface area contributed by atoms with Gasteiger partial charge < -0.3 is 0 Å². The van der Waals surface area contributed by atoms with Gasteiger partial charge in [0.05, 0.1) is 11.8 Å². The van der Waals surface area contributed by atoms with Crippen LogP contribution >= 0.6 is 0 Å². The maximum absolute atomic E-state index is 8.91. The van der Waals surface area contributed by atoms with E-state index in [-0.39, 0.29) is 0 Å². The van der Waals surface area contributed by atoms with Gasteiger partial charge in [0.2, 0.25) is 0 Å². The van der Waals surface area contributed by atoms with Crippen molar-refractivity contribution in [2.75, 3.05) is 0 Å². The minimum atomic E-state index is 0.569. The molecular formula is C17H9N3. The Kier molecular flexibility index (Phi) is 4.69. The van der Waals surface area contributed by atoms with Crippen LogP contribution in [0.4, 0.5) is 0 Å². The average molecular weight is 255 g/mol. The molecule has 0 unspecified atom stereocenters. The third-order valence-corrected chi connectivity index (χ3v) is 2.27. The van der Waals surface area contributed by atoms with Gasteiger partial charge in [-0.25, -0.2) is 4.98 Å². The number of aromatic nitrogens is 2. The predicted octanol–water partition coefficient (Wildman–Crippen LogP) is 2.31. The van der Waals surface area contributed by atoms with Crippen molar-refractivity contribution in [2.45, 2.75) is 0 Å². The van der Waals surface area contributed by atoms with E-state index in [1.54, 1.807) is 36.8 Å². The van der Waals surface area contributed by atoms with Crippen LogP contribution in [-0.4, -0.2) is 9.97 Å². The molecule has 0 spiro atoms. The lowest BCUT2D eigenvalue weighted by atomic mass is 10.1. The molecule has 0 saturated heterocycles. The highest BCUT2D eigenvalue weighted by Crippen LogP contribution is 2.04. The van der Waals surface area contributed by atoms with Crippen molar-refractivity contribution in [1.82, 2.24) is 9.97 Å². The molecule has 0 N–H and O–H groups in total. The molecular weight excluding hydrogens is 246 g/mol. The third-order valence-electron chi connectivity index (χ3n) is 2.27. The SMILES string of the molecule is N#Cc1ccccc1C#C/C=C\C#Cc1cnccn1. The second-order valence-corrected chi connectivity index (χ2v) is 3.62. The summed E-state index contributed by atoms with van der Waals surface area (Å²) in [5.74, 6) is 11.4. The fraction of sp³-hybridized carbons (Fsp3) is 0. The average Bonchev–Trinajstić information content (AvgIpc) is 2.52. The molecule has 1 aromatic carbocycles. The molecule has 2 rings (SSSR count). The van der Waals surface area contributed by atoms with Crippen LogP contribution in [-0.2, 0) is 0 Å². The minimum Gasteiger partial charge on any atom is -0.260 e. The first-order valence-corrected chi connectivity index (χ1v) is 5.83. The number of hydrogen-bond donors (Lipinski definition) is 0. The Labute approximate surface area is 117 Å². The van der Waals surface area contributed by atoms with Gasteiger partial charge in [-0.15, -0.1) is 0 Å². The molecule has 0 bridgehead atoms. The summed E-state index contributed by atoms with van der Waals surface area (Å²) >= 11 is 0. The number of rotatable bonds is 0. The van der Waals surface area contributed by atoms with E-state index >= 15 is 0 Å². The van der Waals surface area contributed by atoms with Crippen molar-refractivity contribution < 1.29 is 0 Å². The van der Waals surface area contributed by atoms with Gasteiger partial charge in [-0.05, 0) is 30.2 Å². The van der Waals surface area contributed by atoms with Gasteiger partial charge >= 0.3 is 0 Å². The van der Waals surface area contributed by atoms with Crippen LogP contribution < -0.4 is 0 Å². The third kappa shape index (κ3) is 3.84. The number of hydrogen-bond acceptors (Lipinski definition) is 3. The summed E-state index contributed by atoms with van der Waals surface area (Å²) in [4.78, 5) is 7.94. The molecule has 0 aliphatic rings. The molecule has 1 aromatic heterocycles. The summed E-state index contributed by atoms with van der Waals surface area (Å²) < 4.78 is 0. The molecule has 3 heteroatoms. The van der Waals surface area contributed by atoms with E-state index in [0.29, 0.717) is 16.8 Å². The molecule has 0 amide bonds. The Morgan fingerprint density at radius 3 is 2.40 bits per heavy atom. The van der Waals surface area contributed by atoms with E-state index in [0.717, 1.165) is 0 Å². The fourth-order valence-electron chi connectivity index (χ4n) is 1.37. The highest BCUT2D eigenvalue weighted by molar-refractivity contribution is 5.49. The standard InChI is InChI=1S/C17H9N3/c18-13-16-9-6-5-8-15(16)7-3-1-2-4-10-17-14-19-11-12-20-17/h1-2,5-6,8-9,11-12,14H/b2-1-. The van der Waals surface area contributed by atoms with Crippen molar-refractivity contribution in [3.8, 4) is 29.8 Å². The van der Waals surface area contributed by atoms with Crippen molar-refractivity contribution in [1.29, 1.82) is 5.26 Å². The number of allylic oxidation sites excluding steroid dienone is 2. The number of benzene rings is 1. The summed E-state index contributed by atoms with van der Waals surface area (Å²) in [7, 11) is 0. The molecule has 2 aromatic rings. The first-order valence-electron chi connectivity index (χ1n) is 5.83. The lowest BCUT2D eigenvalue weighted by Crippen LogP contribution is -1.81. The van der Waals surface area contributed by atoms with E-state index < -0.39 is 0 Å². The van der Waals surface area contributed by atoms with Crippen LogP contribution in [0, 0.1) is 35.0 Å². The van der Waals surface area contributed by atoms with Crippen LogP contribution in [0.5, 0.6) is 0 Å². The lowest BCUT2D eigenvalue weighted by molar-refractivity contribution is 1.17. The molecule has 3 nitrogen and oxygen atoms in total. The van der Waals surface area contributed by atoms with E-state index in [4.69, 9.17) is 5.26 Å². The van der Waals surface area contributed by atoms with Crippen molar-refractivity contribution in [3.63, 3.8) is 0 Å². The molecule has 0 aliphatic heterocycles. The Morgan fingerprint density at radius 2 is 1.70 bits per heavy atom. The molecule has 0 aliphatic carbocycles. The first-order chi connectivity index (χ1) is 9.90. The Morgan fingerprint density at radius 1 is 0.950 bits per heavy atom. The molecule has 0 radical (unpaired) electrons. The summed E-state index contributed by atoms with van der Waals surface area (Å²) in [6.07, 6.45) is 8.05. The minimum absolute atomic E-state index is 0.569. The second-order valence-electron chi connectivity index (χ2n) is 3.62. The predicted molar refractivity (Wildman–Crippen MR) is 76.1 cm³/mol. The van der Waals surface area contributed by atoms with Gasteiger partial charge in [0.25, 0.3) is 0 Å². The van der Waals surface area contributed by atoms with Crippen LogP contribution in [0.1, 0.15) is 16.8 Å². The molecule has 0 fully saturated rings. The van der Waals surface area contributed by atoms with Gasteiger partial charge in [0.15, 0.2) is 0 Å². The lowest BCUT2D eigenvalue weighted by Gasteiger charge is -1.91. The van der Waals surface area contributed by atoms with Crippen LogP contribution in [0.3, 0.4) is 0 Å². The second kappa shape index (κ2) is 7.17. The monoisotopic (exact) mass is 255 g/mol. The largest absolute Gasteiger partial charge is 0.260 e. The van der Waals surface area contributed by atoms with Crippen molar-refractivity contribution in [3.05, 3.63) is 71.8 Å². The Hall–Kier alpha value is -3.35. The van der Waals surface area contributed by atoms with E-state index in [1.807, 2.05) is 18.2 Å². The van der Waals surface area contributed by atoms with Crippen LogP contribution in [0.2, 0.25) is 0 Å². The summed E-state index contributed by atoms with van der Waals surface area (Å²) in [6.45, 7) is 0. The van der Waals surface area contributed by atoms with Crippen LogP contribution in [0.15, 0.2) is 55.0 Å². The zero-order valence-corrected chi connectivity index (χ0v) is 10.5. The molecule has 20 heavy (non-hydrogen) atoms. The van der Waals surface area contributed by atoms with Gasteiger partial charge in [0, 0.05) is 18.0 Å². The Balaban J connectivity index is 2.04. The quantitative estimate of drug-likeness (QED) is 0.679. The first kappa shape index (κ1) is 13.1. The Bertz CT molecular complexity index is 776. The van der Waals surface area contributed by atoms with Gasteiger partial charge in [-0.1, -0.05) is 29.9 Å². The fourth-order valence-corrected chi connectivity index (χ4v) is 1.37. The molecule has 1 heterocycles. The van der Waals surface area contributed by atoms with Gasteiger partial charge in [0.1, 0.15) is 11.8 Å². The van der Waals surface area contributed by atoms with Crippen molar-refractivity contribution in [2.24, 2.45) is 0 Å². The summed E-state index contributed by atoms with van der Waals surface area (Å²) in [5, 5.41) is 8.91. The number of nitriles is 1. The summed E-state index contributed by atoms with van der Waals surface area (Å²) in [5.41, 5.74) is 1.89. The van der Waals surface area contributed by atoms with E-state index in [1.165, 1.54) is 0 Å². The summed E-state index contributed by atoms with van der Waals surface area (Å²) in [6, 6.07) is 9.31. The normalized spacial score (nSPS) is 8.95. The highest BCUT2D eigenvalue weighted by Gasteiger charge is 1.94. The van der Waals surface area contributed by atoms with E-state index in [2.05, 4.69) is 39.7 Å². The number of nitrogens with zero attached hydrogens (tertiary/aromatic N) is 3. The zero-order valence-electron chi connectivity index (χ0n) is 10.5. The van der Waals surface area contributed by atoms with Crippen LogP contribution in [0.25, 0.3) is 0 Å². The van der Waals surface area contributed by atoms with E-state index in [9.17, 15) is 0 Å². The maximum atomic E-state index is 8.91. The van der Waals surface area contributed by atoms with Gasteiger partial charge in [-0.2, -0.15) is 5.26 Å². The topological polar surface area (TPSA) is 49.6 Å². The van der Waals surface area contributed by atoms with Gasteiger partial charge in [-0.3, -0.25) is 4.98 Å². The molecule has 92 valence electrons. The maximum Gasteiger partial charge on any atom is 0.131 e. The molecule has 0 atom stereocenters. The zero-order chi connectivity index (χ0) is 14.0. The van der Waals surface area contributed by atoms with Crippen molar-refractivity contribution >= 4 is 0 Å². The molecule has 0 saturated carbocycles.